The second-order valence-corrected chi connectivity index (χ2v) is 4.31. The van der Waals surface area contributed by atoms with Gasteiger partial charge in [0.25, 0.3) is 0 Å². The Bertz CT molecular complexity index is 589. The quantitative estimate of drug-likeness (QED) is 0.363. The summed E-state index contributed by atoms with van der Waals surface area (Å²) in [5.41, 5.74) is 0.546. The first-order valence-corrected chi connectivity index (χ1v) is 5.95. The average Bonchev–Trinajstić information content (AvgIpc) is 2.39. The minimum atomic E-state index is -4.36. The molecule has 0 fully saturated rings. The summed E-state index contributed by atoms with van der Waals surface area (Å²) in [6.45, 7) is 0.155. The zero-order valence-corrected chi connectivity index (χ0v) is 10.5. The summed E-state index contributed by atoms with van der Waals surface area (Å²) in [5.74, 6) is 0. The van der Waals surface area contributed by atoms with Gasteiger partial charge in [-0.25, -0.2) is 4.74 Å². The standard InChI is InChI=1S/C15H12F3NO/c16-15(17,18)14-8-6-13(7-9-14)11-19(20)10-12-4-2-1-3-5-12/h1-9,11H,10H2/b19-11-. The third-order valence-electron chi connectivity index (χ3n) is 2.71. The largest absolute Gasteiger partial charge is 0.624 e. The van der Waals surface area contributed by atoms with Crippen LogP contribution in [0.1, 0.15) is 16.7 Å². The van der Waals surface area contributed by atoms with Crippen LogP contribution in [0.2, 0.25) is 0 Å². The number of hydrogen-bond acceptors (Lipinski definition) is 1. The fourth-order valence-electron chi connectivity index (χ4n) is 1.73. The highest BCUT2D eigenvalue weighted by atomic mass is 19.4. The van der Waals surface area contributed by atoms with E-state index in [1.54, 1.807) is 0 Å². The molecule has 0 spiro atoms. The third-order valence-corrected chi connectivity index (χ3v) is 2.71. The third kappa shape index (κ3) is 3.85. The molecule has 0 N–H and O–H groups in total. The number of hydrogen-bond donors (Lipinski definition) is 0. The lowest BCUT2D eigenvalue weighted by atomic mass is 10.1. The first kappa shape index (κ1) is 14.1. The van der Waals surface area contributed by atoms with Crippen LogP contribution in [-0.4, -0.2) is 11.0 Å². The maximum Gasteiger partial charge on any atom is 0.416 e. The lowest BCUT2D eigenvalue weighted by molar-refractivity contribution is -0.469. The van der Waals surface area contributed by atoms with Gasteiger partial charge in [-0.3, -0.25) is 0 Å². The Morgan fingerprint density at radius 3 is 2.10 bits per heavy atom. The van der Waals surface area contributed by atoms with Crippen LogP contribution >= 0.6 is 0 Å². The fourth-order valence-corrected chi connectivity index (χ4v) is 1.73. The van der Waals surface area contributed by atoms with Gasteiger partial charge in [0.2, 0.25) is 0 Å². The summed E-state index contributed by atoms with van der Waals surface area (Å²) in [7, 11) is 0. The molecule has 2 aromatic rings. The van der Waals surface area contributed by atoms with Gasteiger partial charge in [0.1, 0.15) is 0 Å². The van der Waals surface area contributed by atoms with Crippen molar-refractivity contribution >= 4 is 6.21 Å². The van der Waals surface area contributed by atoms with Crippen LogP contribution in [0.3, 0.4) is 0 Å². The van der Waals surface area contributed by atoms with Crippen LogP contribution in [-0.2, 0) is 12.7 Å². The van der Waals surface area contributed by atoms with E-state index >= 15 is 0 Å². The molecule has 0 unspecified atom stereocenters. The molecule has 0 aliphatic rings. The van der Waals surface area contributed by atoms with Gasteiger partial charge in [-0.1, -0.05) is 30.3 Å². The van der Waals surface area contributed by atoms with E-state index in [-0.39, 0.29) is 6.54 Å². The van der Waals surface area contributed by atoms with E-state index in [4.69, 9.17) is 0 Å². The van der Waals surface area contributed by atoms with Crippen molar-refractivity contribution in [1.82, 2.24) is 0 Å². The molecule has 104 valence electrons. The highest BCUT2D eigenvalue weighted by Gasteiger charge is 2.29. The van der Waals surface area contributed by atoms with E-state index in [0.717, 1.165) is 17.7 Å². The van der Waals surface area contributed by atoms with Crippen molar-refractivity contribution in [2.45, 2.75) is 12.7 Å². The predicted molar refractivity (Wildman–Crippen MR) is 70.4 cm³/mol. The average molecular weight is 279 g/mol. The number of alkyl halides is 3. The molecule has 20 heavy (non-hydrogen) atoms. The monoisotopic (exact) mass is 279 g/mol. The molecule has 0 atom stereocenters. The van der Waals surface area contributed by atoms with E-state index in [1.165, 1.54) is 18.3 Å². The molecule has 2 rings (SSSR count). The highest BCUT2D eigenvalue weighted by molar-refractivity contribution is 5.75. The number of halogens is 3. The zero-order chi connectivity index (χ0) is 14.6. The SMILES string of the molecule is [O-]/[N+](=C\c1ccc(C(F)(F)F)cc1)Cc1ccccc1. The van der Waals surface area contributed by atoms with Gasteiger partial charge in [-0.05, 0) is 24.3 Å². The lowest BCUT2D eigenvalue weighted by Gasteiger charge is -2.06. The summed E-state index contributed by atoms with van der Waals surface area (Å²) in [6, 6.07) is 13.6. The summed E-state index contributed by atoms with van der Waals surface area (Å²) in [6.07, 6.45) is -3.09. The minimum Gasteiger partial charge on any atom is -0.624 e. The fraction of sp³-hybridized carbons (Fsp3) is 0.133. The van der Waals surface area contributed by atoms with Gasteiger partial charge in [0.05, 0.1) is 5.56 Å². The topological polar surface area (TPSA) is 26.1 Å². The van der Waals surface area contributed by atoms with Crippen LogP contribution in [0.15, 0.2) is 54.6 Å². The first-order valence-electron chi connectivity index (χ1n) is 5.95. The molecule has 0 saturated heterocycles. The van der Waals surface area contributed by atoms with Crippen molar-refractivity contribution in [2.24, 2.45) is 0 Å². The zero-order valence-electron chi connectivity index (χ0n) is 10.5. The maximum absolute atomic E-state index is 12.4. The number of nitrogens with zero attached hydrogens (tertiary/aromatic N) is 1. The molecule has 0 saturated carbocycles. The minimum absolute atomic E-state index is 0.155. The number of benzene rings is 2. The van der Waals surface area contributed by atoms with E-state index in [1.807, 2.05) is 30.3 Å². The number of rotatable bonds is 3. The smallest absolute Gasteiger partial charge is 0.416 e. The molecular formula is C15H12F3NO. The molecule has 0 aliphatic heterocycles. The van der Waals surface area contributed by atoms with Crippen LogP contribution < -0.4 is 0 Å². The molecule has 0 aromatic heterocycles. The van der Waals surface area contributed by atoms with Gasteiger partial charge < -0.3 is 5.21 Å². The molecule has 0 bridgehead atoms. The molecule has 5 heteroatoms. The lowest BCUT2D eigenvalue weighted by Crippen LogP contribution is -2.07. The van der Waals surface area contributed by atoms with Crippen LogP contribution in [0.5, 0.6) is 0 Å². The maximum atomic E-state index is 12.4. The Balaban J connectivity index is 2.10. The van der Waals surface area contributed by atoms with Gasteiger partial charge in [0, 0.05) is 11.1 Å². The molecule has 0 heterocycles. The van der Waals surface area contributed by atoms with Crippen molar-refractivity contribution in [3.05, 3.63) is 76.5 Å². The summed E-state index contributed by atoms with van der Waals surface area (Å²) in [4.78, 5) is 0. The Morgan fingerprint density at radius 1 is 0.950 bits per heavy atom. The molecule has 0 radical (unpaired) electrons. The number of hydroxylamine groups is 1. The van der Waals surface area contributed by atoms with E-state index in [9.17, 15) is 18.4 Å². The first-order chi connectivity index (χ1) is 9.45. The molecule has 0 amide bonds. The van der Waals surface area contributed by atoms with Crippen LogP contribution in [0.25, 0.3) is 0 Å². The Labute approximate surface area is 114 Å². The van der Waals surface area contributed by atoms with E-state index in [2.05, 4.69) is 0 Å². The van der Waals surface area contributed by atoms with Crippen molar-refractivity contribution in [1.29, 1.82) is 0 Å². The molecule has 2 nitrogen and oxygen atoms in total. The Hall–Kier alpha value is -2.30. The summed E-state index contributed by atoms with van der Waals surface area (Å²) in [5, 5.41) is 11.7. The highest BCUT2D eigenvalue weighted by Crippen LogP contribution is 2.28. The van der Waals surface area contributed by atoms with Gasteiger partial charge >= 0.3 is 6.18 Å². The van der Waals surface area contributed by atoms with Crippen molar-refractivity contribution in [2.75, 3.05) is 0 Å². The van der Waals surface area contributed by atoms with Crippen molar-refractivity contribution in [3.63, 3.8) is 0 Å². The second kappa shape index (κ2) is 5.77. The van der Waals surface area contributed by atoms with Gasteiger partial charge in [-0.15, -0.1) is 0 Å². The summed E-state index contributed by atoms with van der Waals surface area (Å²) >= 11 is 0. The van der Waals surface area contributed by atoms with Crippen molar-refractivity contribution in [3.8, 4) is 0 Å². The normalized spacial score (nSPS) is 12.4. The molecule has 0 aliphatic carbocycles. The Morgan fingerprint density at radius 2 is 1.55 bits per heavy atom. The van der Waals surface area contributed by atoms with E-state index in [0.29, 0.717) is 10.3 Å². The second-order valence-electron chi connectivity index (χ2n) is 4.31. The van der Waals surface area contributed by atoms with Crippen LogP contribution in [0, 0.1) is 5.21 Å². The van der Waals surface area contributed by atoms with E-state index < -0.39 is 11.7 Å². The molecular weight excluding hydrogens is 267 g/mol. The molecule has 2 aromatic carbocycles. The van der Waals surface area contributed by atoms with Crippen LogP contribution in [0.4, 0.5) is 13.2 Å². The predicted octanol–water partition coefficient (Wildman–Crippen LogP) is 3.83. The van der Waals surface area contributed by atoms with Gasteiger partial charge in [0.15, 0.2) is 12.8 Å². The summed E-state index contributed by atoms with van der Waals surface area (Å²) < 4.78 is 37.9. The Kier molecular flexibility index (Phi) is 4.08. The van der Waals surface area contributed by atoms with Gasteiger partial charge in [-0.2, -0.15) is 13.2 Å². The van der Waals surface area contributed by atoms with Crippen molar-refractivity contribution < 1.29 is 17.9 Å².